The molecular weight excluding hydrogens is 355 g/mol. The summed E-state index contributed by atoms with van der Waals surface area (Å²) in [5.74, 6) is -0.856. The largest absolute Gasteiger partial charge is 0.508 e. The number of hydrogen-bond acceptors (Lipinski definition) is 3. The number of carbonyl (C=O) groups excluding carboxylic acids is 1. The number of benzene rings is 1. The molecule has 9 heteroatoms. The summed E-state index contributed by atoms with van der Waals surface area (Å²) < 4.78 is 38.5. The maximum atomic E-state index is 12.7. The van der Waals surface area contributed by atoms with E-state index in [-0.39, 0.29) is 17.1 Å². The lowest BCUT2D eigenvalue weighted by atomic mass is 10.2. The fourth-order valence-electron chi connectivity index (χ4n) is 1.70. The Morgan fingerprint density at radius 1 is 1.43 bits per heavy atom. The molecule has 0 radical (unpaired) electrons. The van der Waals surface area contributed by atoms with Crippen molar-refractivity contribution >= 4 is 27.5 Å². The second kappa shape index (κ2) is 5.40. The van der Waals surface area contributed by atoms with E-state index in [1.54, 1.807) is 0 Å². The highest BCUT2D eigenvalue weighted by Gasteiger charge is 2.39. The van der Waals surface area contributed by atoms with Crippen LogP contribution in [0.15, 0.2) is 28.7 Å². The number of nitrogens with one attached hydrogen (secondary N) is 1. The van der Waals surface area contributed by atoms with E-state index in [1.807, 2.05) is 0 Å². The Morgan fingerprint density at radius 2 is 2.10 bits per heavy atom. The Hall–Kier alpha value is -2.03. The summed E-state index contributed by atoms with van der Waals surface area (Å²) in [4.78, 5) is 12.1. The maximum Gasteiger partial charge on any atom is 0.436 e. The summed E-state index contributed by atoms with van der Waals surface area (Å²) in [5.41, 5.74) is -1.20. The zero-order valence-electron chi connectivity index (χ0n) is 10.6. The van der Waals surface area contributed by atoms with Gasteiger partial charge in [-0.3, -0.25) is 9.48 Å². The van der Waals surface area contributed by atoms with E-state index in [0.29, 0.717) is 0 Å². The van der Waals surface area contributed by atoms with Gasteiger partial charge >= 0.3 is 6.18 Å². The third kappa shape index (κ3) is 3.18. The second-order valence-corrected chi connectivity index (χ2v) is 4.93. The van der Waals surface area contributed by atoms with E-state index in [4.69, 9.17) is 0 Å². The van der Waals surface area contributed by atoms with Crippen LogP contribution in [-0.2, 0) is 13.2 Å². The van der Waals surface area contributed by atoms with Gasteiger partial charge in [0.05, 0.1) is 4.47 Å². The molecule has 0 unspecified atom stereocenters. The lowest BCUT2D eigenvalue weighted by Crippen LogP contribution is -2.16. The van der Waals surface area contributed by atoms with Crippen LogP contribution in [-0.4, -0.2) is 20.8 Å². The van der Waals surface area contributed by atoms with Gasteiger partial charge < -0.3 is 10.4 Å². The molecule has 0 aliphatic rings. The lowest BCUT2D eigenvalue weighted by Gasteiger charge is -2.06. The summed E-state index contributed by atoms with van der Waals surface area (Å²) in [5, 5.41) is 15.0. The summed E-state index contributed by atoms with van der Waals surface area (Å²) >= 11 is 2.75. The third-order valence-electron chi connectivity index (χ3n) is 2.58. The summed E-state index contributed by atoms with van der Waals surface area (Å²) in [6, 6.07) is 5.65. The zero-order valence-corrected chi connectivity index (χ0v) is 12.2. The molecule has 1 aromatic heterocycles. The molecule has 0 bridgehead atoms. The van der Waals surface area contributed by atoms with Gasteiger partial charge in [0.2, 0.25) is 0 Å². The van der Waals surface area contributed by atoms with Crippen LogP contribution in [0.3, 0.4) is 0 Å². The number of hydrogen-bond donors (Lipinski definition) is 2. The number of aromatic hydroxyl groups is 1. The van der Waals surface area contributed by atoms with E-state index in [0.717, 1.165) is 4.68 Å². The predicted octanol–water partition coefficient (Wildman–Crippen LogP) is 3.16. The molecule has 0 atom stereocenters. The number of halogens is 4. The molecule has 2 N–H and O–H groups in total. The molecular formula is C12H9BrF3N3O2. The second-order valence-electron chi connectivity index (χ2n) is 4.14. The molecule has 21 heavy (non-hydrogen) atoms. The molecule has 0 aliphatic heterocycles. The van der Waals surface area contributed by atoms with Gasteiger partial charge in [0.25, 0.3) is 5.91 Å². The van der Waals surface area contributed by atoms with Crippen molar-refractivity contribution in [3.63, 3.8) is 0 Å². The number of phenolic OH excluding ortho intramolecular Hbond substituents is 1. The Morgan fingerprint density at radius 3 is 2.62 bits per heavy atom. The van der Waals surface area contributed by atoms with Crippen LogP contribution in [0.25, 0.3) is 0 Å². The fraction of sp³-hybridized carbons (Fsp3) is 0.167. The zero-order chi connectivity index (χ0) is 15.8. The van der Waals surface area contributed by atoms with Gasteiger partial charge in [-0.05, 0) is 28.1 Å². The molecule has 5 nitrogen and oxygen atoms in total. The van der Waals surface area contributed by atoms with Gasteiger partial charge in [-0.15, -0.1) is 0 Å². The molecule has 0 spiro atoms. The van der Waals surface area contributed by atoms with E-state index in [1.165, 1.54) is 31.3 Å². The van der Waals surface area contributed by atoms with Crippen LogP contribution >= 0.6 is 15.9 Å². The normalized spacial score (nSPS) is 11.5. The number of carbonyl (C=O) groups is 1. The summed E-state index contributed by atoms with van der Waals surface area (Å²) in [6.07, 6.45) is -4.67. The first kappa shape index (κ1) is 15.4. The Kier molecular flexibility index (Phi) is 3.95. The molecule has 0 saturated carbocycles. The smallest absolute Gasteiger partial charge is 0.436 e. The van der Waals surface area contributed by atoms with Crippen LogP contribution < -0.4 is 5.32 Å². The van der Waals surface area contributed by atoms with Crippen molar-refractivity contribution in [1.29, 1.82) is 0 Å². The maximum absolute atomic E-state index is 12.7. The molecule has 2 rings (SSSR count). The molecule has 112 valence electrons. The molecule has 2 aromatic rings. The average molecular weight is 364 g/mol. The standard InChI is InChI=1S/C12H9BrF3N3O2/c1-19-9(8(13)10(18-19)12(14,15)16)11(21)17-6-3-2-4-7(20)5-6/h2-5,20H,1H3,(H,17,21). The summed E-state index contributed by atoms with van der Waals surface area (Å²) in [7, 11) is 1.23. The van der Waals surface area contributed by atoms with Crippen molar-refractivity contribution in [1.82, 2.24) is 9.78 Å². The van der Waals surface area contributed by atoms with Crippen molar-refractivity contribution in [3.8, 4) is 5.75 Å². The van der Waals surface area contributed by atoms with Crippen molar-refractivity contribution in [2.24, 2.45) is 7.05 Å². The van der Waals surface area contributed by atoms with Crippen LogP contribution in [0.5, 0.6) is 5.75 Å². The highest BCUT2D eigenvalue weighted by molar-refractivity contribution is 9.10. The van der Waals surface area contributed by atoms with Gasteiger partial charge in [0.1, 0.15) is 11.4 Å². The number of nitrogens with zero attached hydrogens (tertiary/aromatic N) is 2. The molecule has 1 heterocycles. The van der Waals surface area contributed by atoms with E-state index in [2.05, 4.69) is 26.3 Å². The Balaban J connectivity index is 2.34. The van der Waals surface area contributed by atoms with Gasteiger partial charge in [0, 0.05) is 18.8 Å². The van der Waals surface area contributed by atoms with Crippen LogP contribution in [0.4, 0.5) is 18.9 Å². The van der Waals surface area contributed by atoms with E-state index >= 15 is 0 Å². The first-order chi connectivity index (χ1) is 9.70. The Labute approximate surface area is 125 Å². The summed E-state index contributed by atoms with van der Waals surface area (Å²) in [6.45, 7) is 0. The number of anilines is 1. The lowest BCUT2D eigenvalue weighted by molar-refractivity contribution is -0.142. The quantitative estimate of drug-likeness (QED) is 0.861. The number of aromatic nitrogens is 2. The molecule has 1 amide bonds. The fourth-order valence-corrected chi connectivity index (χ4v) is 2.44. The molecule has 0 fully saturated rings. The monoisotopic (exact) mass is 363 g/mol. The van der Waals surface area contributed by atoms with Crippen molar-refractivity contribution in [3.05, 3.63) is 40.1 Å². The minimum Gasteiger partial charge on any atom is -0.508 e. The topological polar surface area (TPSA) is 67.2 Å². The first-order valence-corrected chi connectivity index (χ1v) is 6.39. The van der Waals surface area contributed by atoms with Gasteiger partial charge in [-0.1, -0.05) is 6.07 Å². The number of amides is 1. The van der Waals surface area contributed by atoms with Crippen molar-refractivity contribution in [2.75, 3.05) is 5.32 Å². The Bertz CT molecular complexity index is 698. The third-order valence-corrected chi connectivity index (χ3v) is 3.33. The molecule has 1 aromatic carbocycles. The number of alkyl halides is 3. The molecule has 0 aliphatic carbocycles. The van der Waals surface area contributed by atoms with E-state index in [9.17, 15) is 23.1 Å². The van der Waals surface area contributed by atoms with Crippen LogP contribution in [0.2, 0.25) is 0 Å². The first-order valence-electron chi connectivity index (χ1n) is 5.60. The minimum absolute atomic E-state index is 0.0761. The average Bonchev–Trinajstić information content (AvgIpc) is 2.64. The van der Waals surface area contributed by atoms with Gasteiger partial charge in [-0.2, -0.15) is 18.3 Å². The van der Waals surface area contributed by atoms with E-state index < -0.39 is 22.3 Å². The van der Waals surface area contributed by atoms with Gasteiger partial charge in [0.15, 0.2) is 5.69 Å². The van der Waals surface area contributed by atoms with Crippen molar-refractivity contribution < 1.29 is 23.1 Å². The SMILES string of the molecule is Cn1nc(C(F)(F)F)c(Br)c1C(=O)Nc1cccc(O)c1. The van der Waals surface area contributed by atoms with Gasteiger partial charge in [-0.25, -0.2) is 0 Å². The molecule has 0 saturated heterocycles. The highest BCUT2D eigenvalue weighted by atomic mass is 79.9. The number of rotatable bonds is 2. The van der Waals surface area contributed by atoms with Crippen LogP contribution in [0.1, 0.15) is 16.2 Å². The van der Waals surface area contributed by atoms with Crippen molar-refractivity contribution in [2.45, 2.75) is 6.18 Å². The minimum atomic E-state index is -4.67. The highest BCUT2D eigenvalue weighted by Crippen LogP contribution is 2.35. The number of aryl methyl sites for hydroxylation is 1. The predicted molar refractivity (Wildman–Crippen MR) is 72.0 cm³/mol. The number of phenols is 1. The van der Waals surface area contributed by atoms with Crippen LogP contribution in [0, 0.1) is 0 Å².